The lowest BCUT2D eigenvalue weighted by molar-refractivity contribution is -0.385. The van der Waals surface area contributed by atoms with Crippen LogP contribution in [-0.4, -0.2) is 4.92 Å². The Bertz CT molecular complexity index is 602. The van der Waals surface area contributed by atoms with Crippen molar-refractivity contribution in [2.45, 2.75) is 0 Å². The van der Waals surface area contributed by atoms with Crippen LogP contribution in [0.15, 0.2) is 42.5 Å². The molecule has 0 fully saturated rings. The van der Waals surface area contributed by atoms with Gasteiger partial charge in [-0.15, -0.1) is 0 Å². The number of hydrogen-bond acceptors (Lipinski definition) is 3. The van der Waals surface area contributed by atoms with Crippen molar-refractivity contribution in [1.82, 2.24) is 0 Å². The summed E-state index contributed by atoms with van der Waals surface area (Å²) in [7, 11) is 0. The second kappa shape index (κ2) is 5.25. The normalized spacial score (nSPS) is 10.1. The van der Waals surface area contributed by atoms with E-state index in [-0.39, 0.29) is 22.2 Å². The van der Waals surface area contributed by atoms with E-state index in [0.29, 0.717) is 5.02 Å². The second-order valence-corrected chi connectivity index (χ2v) is 4.16. The van der Waals surface area contributed by atoms with Gasteiger partial charge in [-0.1, -0.05) is 41.4 Å². The van der Waals surface area contributed by atoms with Crippen molar-refractivity contribution in [2.75, 3.05) is 0 Å². The van der Waals surface area contributed by atoms with Crippen molar-refractivity contribution in [2.24, 2.45) is 0 Å². The molecule has 2 rings (SSSR count). The van der Waals surface area contributed by atoms with Crippen molar-refractivity contribution < 1.29 is 9.66 Å². The summed E-state index contributed by atoms with van der Waals surface area (Å²) in [5, 5.41) is 11.4. The quantitative estimate of drug-likeness (QED) is 0.606. The van der Waals surface area contributed by atoms with Crippen molar-refractivity contribution in [3.8, 4) is 11.5 Å². The van der Waals surface area contributed by atoms with Crippen LogP contribution in [0.4, 0.5) is 5.69 Å². The molecule has 2 aromatic carbocycles. The zero-order chi connectivity index (χ0) is 13.1. The maximum absolute atomic E-state index is 10.8. The zero-order valence-electron chi connectivity index (χ0n) is 8.97. The van der Waals surface area contributed by atoms with Gasteiger partial charge in [0, 0.05) is 6.07 Å². The van der Waals surface area contributed by atoms with Crippen LogP contribution < -0.4 is 4.74 Å². The Labute approximate surface area is 113 Å². The molecule has 0 aliphatic rings. The van der Waals surface area contributed by atoms with E-state index in [9.17, 15) is 10.1 Å². The van der Waals surface area contributed by atoms with E-state index in [1.54, 1.807) is 30.3 Å². The predicted molar refractivity (Wildman–Crippen MR) is 69.6 cm³/mol. The number of halogens is 2. The third-order valence-corrected chi connectivity index (χ3v) is 3.00. The highest BCUT2D eigenvalue weighted by Gasteiger charge is 2.16. The van der Waals surface area contributed by atoms with Crippen molar-refractivity contribution >= 4 is 28.9 Å². The summed E-state index contributed by atoms with van der Waals surface area (Å²) in [6.07, 6.45) is 0. The summed E-state index contributed by atoms with van der Waals surface area (Å²) in [5.74, 6) is 0.394. The molecule has 0 amide bonds. The molecule has 0 aliphatic heterocycles. The van der Waals surface area contributed by atoms with E-state index in [1.807, 2.05) is 0 Å². The fourth-order valence-corrected chi connectivity index (χ4v) is 1.71. The molecule has 0 saturated heterocycles. The molecule has 0 bridgehead atoms. The Hall–Kier alpha value is -1.78. The summed E-state index contributed by atoms with van der Waals surface area (Å²) >= 11 is 11.8. The average molecular weight is 284 g/mol. The first-order valence-electron chi connectivity index (χ1n) is 4.95. The molecule has 0 radical (unpaired) electrons. The van der Waals surface area contributed by atoms with Crippen LogP contribution in [0.1, 0.15) is 0 Å². The number of para-hydroxylation sites is 2. The summed E-state index contributed by atoms with van der Waals surface area (Å²) in [5.41, 5.74) is -0.131. The topological polar surface area (TPSA) is 52.4 Å². The van der Waals surface area contributed by atoms with Gasteiger partial charge < -0.3 is 4.74 Å². The Morgan fingerprint density at radius 3 is 2.39 bits per heavy atom. The molecule has 0 spiro atoms. The summed E-state index contributed by atoms with van der Waals surface area (Å²) < 4.78 is 5.42. The first-order valence-corrected chi connectivity index (χ1v) is 5.70. The van der Waals surface area contributed by atoms with E-state index in [0.717, 1.165) is 0 Å². The van der Waals surface area contributed by atoms with Crippen LogP contribution in [0.25, 0.3) is 0 Å². The van der Waals surface area contributed by atoms with E-state index < -0.39 is 4.92 Å². The maximum atomic E-state index is 10.8. The third-order valence-electron chi connectivity index (χ3n) is 2.20. The van der Waals surface area contributed by atoms with Gasteiger partial charge in [0.2, 0.25) is 5.75 Å². The first kappa shape index (κ1) is 12.7. The number of benzene rings is 2. The minimum absolute atomic E-state index is 0.117. The fraction of sp³-hybridized carbons (Fsp3) is 0. The molecule has 0 aliphatic carbocycles. The highest BCUT2D eigenvalue weighted by Crippen LogP contribution is 2.37. The fourth-order valence-electron chi connectivity index (χ4n) is 1.38. The van der Waals surface area contributed by atoms with Gasteiger partial charge in [0.05, 0.1) is 9.95 Å². The third kappa shape index (κ3) is 2.55. The van der Waals surface area contributed by atoms with E-state index in [1.165, 1.54) is 12.1 Å². The van der Waals surface area contributed by atoms with Crippen LogP contribution in [-0.2, 0) is 0 Å². The van der Waals surface area contributed by atoms with Crippen LogP contribution in [0.2, 0.25) is 10.0 Å². The standard InChI is InChI=1S/C12H7Cl2NO3/c13-8-4-3-7-11(12(8)14)18-10-6-2-1-5-9(10)15(16)17/h1-7H. The number of hydrogen-bond donors (Lipinski definition) is 0. The van der Waals surface area contributed by atoms with Gasteiger partial charge in [0.15, 0.2) is 0 Å². The minimum Gasteiger partial charge on any atom is -0.449 e. The second-order valence-electron chi connectivity index (χ2n) is 3.38. The van der Waals surface area contributed by atoms with Gasteiger partial charge in [-0.05, 0) is 18.2 Å². The Morgan fingerprint density at radius 1 is 1.00 bits per heavy atom. The number of nitro groups is 1. The highest BCUT2D eigenvalue weighted by molar-refractivity contribution is 6.42. The smallest absolute Gasteiger partial charge is 0.311 e. The molecule has 0 atom stereocenters. The monoisotopic (exact) mass is 283 g/mol. The van der Waals surface area contributed by atoms with Gasteiger partial charge >= 0.3 is 5.69 Å². The molecule has 0 aromatic heterocycles. The first-order chi connectivity index (χ1) is 8.59. The number of nitro benzene ring substituents is 1. The predicted octanol–water partition coefficient (Wildman–Crippen LogP) is 4.69. The lowest BCUT2D eigenvalue weighted by atomic mass is 10.3. The van der Waals surface area contributed by atoms with Crippen molar-refractivity contribution in [3.63, 3.8) is 0 Å². The number of nitrogens with zero attached hydrogens (tertiary/aromatic N) is 1. The Kier molecular flexibility index (Phi) is 3.69. The molecule has 0 heterocycles. The van der Waals surface area contributed by atoms with Crippen LogP contribution in [0.5, 0.6) is 11.5 Å². The number of rotatable bonds is 3. The molecular weight excluding hydrogens is 277 g/mol. The SMILES string of the molecule is O=[N+]([O-])c1ccccc1Oc1cccc(Cl)c1Cl. The summed E-state index contributed by atoms with van der Waals surface area (Å²) in [6, 6.07) is 10.9. The van der Waals surface area contributed by atoms with Gasteiger partial charge in [-0.2, -0.15) is 0 Å². The number of ether oxygens (including phenoxy) is 1. The lowest BCUT2D eigenvalue weighted by Crippen LogP contribution is -1.93. The molecule has 4 nitrogen and oxygen atoms in total. The molecule has 2 aromatic rings. The molecule has 92 valence electrons. The molecule has 0 unspecified atom stereocenters. The van der Waals surface area contributed by atoms with Crippen LogP contribution in [0, 0.1) is 10.1 Å². The maximum Gasteiger partial charge on any atom is 0.311 e. The van der Waals surface area contributed by atoms with E-state index in [4.69, 9.17) is 27.9 Å². The average Bonchev–Trinajstić information content (AvgIpc) is 2.35. The highest BCUT2D eigenvalue weighted by atomic mass is 35.5. The lowest BCUT2D eigenvalue weighted by Gasteiger charge is -2.08. The molecule has 0 N–H and O–H groups in total. The van der Waals surface area contributed by atoms with Gasteiger partial charge in [-0.25, -0.2) is 0 Å². The molecular formula is C12H7Cl2NO3. The van der Waals surface area contributed by atoms with E-state index in [2.05, 4.69) is 0 Å². The Morgan fingerprint density at radius 2 is 1.67 bits per heavy atom. The zero-order valence-corrected chi connectivity index (χ0v) is 10.5. The largest absolute Gasteiger partial charge is 0.449 e. The van der Waals surface area contributed by atoms with Crippen LogP contribution >= 0.6 is 23.2 Å². The minimum atomic E-state index is -0.520. The molecule has 6 heteroatoms. The van der Waals surface area contributed by atoms with Crippen molar-refractivity contribution in [1.29, 1.82) is 0 Å². The molecule has 18 heavy (non-hydrogen) atoms. The van der Waals surface area contributed by atoms with Gasteiger partial charge in [0.25, 0.3) is 0 Å². The van der Waals surface area contributed by atoms with Gasteiger partial charge in [0.1, 0.15) is 10.8 Å². The summed E-state index contributed by atoms with van der Waals surface area (Å²) in [4.78, 5) is 10.3. The van der Waals surface area contributed by atoms with Gasteiger partial charge in [-0.3, -0.25) is 10.1 Å². The van der Waals surface area contributed by atoms with Crippen molar-refractivity contribution in [3.05, 3.63) is 62.6 Å². The molecule has 0 saturated carbocycles. The Balaban J connectivity index is 2.40. The van der Waals surface area contributed by atoms with Crippen LogP contribution in [0.3, 0.4) is 0 Å². The summed E-state index contributed by atoms with van der Waals surface area (Å²) in [6.45, 7) is 0. The van der Waals surface area contributed by atoms with E-state index >= 15 is 0 Å².